The van der Waals surface area contributed by atoms with Gasteiger partial charge in [-0.25, -0.2) is 19.9 Å². The van der Waals surface area contributed by atoms with Crippen LogP contribution in [0.3, 0.4) is 0 Å². The largest absolute Gasteiger partial charge is 0.455 e. The van der Waals surface area contributed by atoms with Gasteiger partial charge in [0.25, 0.3) is 0 Å². The number of benzene rings is 7. The van der Waals surface area contributed by atoms with Crippen molar-refractivity contribution in [1.29, 1.82) is 0 Å². The molecule has 0 saturated carbocycles. The molecule has 0 atom stereocenters. The number of rotatable bonds is 5. The molecule has 11 aromatic rings. The SMILES string of the molecule is c1ccc(-c2ccc(-c3nc(-c4ccccc4)nc(-c4ccnc5oc6c(-c7cccc8c7oc7cc9ccccc9cc78)cccc6c45)n3)cc2)cc1. The van der Waals surface area contributed by atoms with Crippen LogP contribution in [0.1, 0.15) is 0 Å². The Balaban J connectivity index is 1.09. The lowest BCUT2D eigenvalue weighted by molar-refractivity contribution is 0.654. The van der Waals surface area contributed by atoms with Crippen molar-refractivity contribution in [3.8, 4) is 56.4 Å². The molecule has 11 rings (SSSR count). The minimum absolute atomic E-state index is 0.508. The van der Waals surface area contributed by atoms with Gasteiger partial charge in [-0.2, -0.15) is 0 Å². The number of pyridine rings is 1. The van der Waals surface area contributed by atoms with Crippen LogP contribution in [0.5, 0.6) is 0 Å². The molecule has 0 saturated heterocycles. The Bertz CT molecular complexity index is 3200. The third-order valence-electron chi connectivity index (χ3n) is 10.2. The minimum atomic E-state index is 0.508. The highest BCUT2D eigenvalue weighted by Crippen LogP contribution is 2.43. The molecule has 0 spiro atoms. The average molecular weight is 693 g/mol. The molecule has 0 aliphatic heterocycles. The summed E-state index contributed by atoms with van der Waals surface area (Å²) in [5.74, 6) is 1.71. The molecule has 4 heterocycles. The summed E-state index contributed by atoms with van der Waals surface area (Å²) in [7, 11) is 0. The summed E-state index contributed by atoms with van der Waals surface area (Å²) in [6.45, 7) is 0. The maximum atomic E-state index is 6.65. The van der Waals surface area contributed by atoms with E-state index in [4.69, 9.17) is 28.8 Å². The van der Waals surface area contributed by atoms with Crippen LogP contribution < -0.4 is 0 Å². The summed E-state index contributed by atoms with van der Waals surface area (Å²) in [4.78, 5) is 19.8. The van der Waals surface area contributed by atoms with Gasteiger partial charge in [0.15, 0.2) is 17.5 Å². The molecule has 0 amide bonds. The number of hydrogen-bond acceptors (Lipinski definition) is 6. The molecule has 0 aliphatic rings. The van der Waals surface area contributed by atoms with Crippen molar-refractivity contribution in [3.63, 3.8) is 0 Å². The summed E-state index contributed by atoms with van der Waals surface area (Å²) in [6, 6.07) is 55.9. The van der Waals surface area contributed by atoms with Gasteiger partial charge in [0.1, 0.15) is 16.7 Å². The molecular formula is C48H28N4O2. The zero-order valence-electron chi connectivity index (χ0n) is 28.8. The number of nitrogens with zero attached hydrogens (tertiary/aromatic N) is 4. The number of fused-ring (bicyclic) bond motifs is 7. The Morgan fingerprint density at radius 3 is 1.65 bits per heavy atom. The van der Waals surface area contributed by atoms with Crippen LogP contribution in [-0.4, -0.2) is 19.9 Å². The fourth-order valence-corrected chi connectivity index (χ4v) is 7.60. The molecule has 252 valence electrons. The normalized spacial score (nSPS) is 11.7. The standard InChI is InChI=1S/C48H28N4O2/c1-3-11-29(12-4-1)30-21-23-32(24-22-30)46-50-45(31-13-5-2-6-14-31)51-47(52-46)39-25-26-49-48-42(39)38-20-10-18-36(44(38)54-48)35-17-9-19-37-40-27-33-15-7-8-16-34(33)28-41(40)53-43(35)37/h1-28H. The Morgan fingerprint density at radius 2 is 0.926 bits per heavy atom. The van der Waals surface area contributed by atoms with Crippen LogP contribution in [0.15, 0.2) is 179 Å². The molecule has 6 nitrogen and oxygen atoms in total. The predicted molar refractivity (Wildman–Crippen MR) is 217 cm³/mol. The summed E-state index contributed by atoms with van der Waals surface area (Å²) >= 11 is 0. The van der Waals surface area contributed by atoms with Crippen molar-refractivity contribution in [3.05, 3.63) is 170 Å². The van der Waals surface area contributed by atoms with Crippen LogP contribution in [0, 0.1) is 0 Å². The predicted octanol–water partition coefficient (Wildman–Crippen LogP) is 12.6. The molecule has 0 N–H and O–H groups in total. The second kappa shape index (κ2) is 12.1. The van der Waals surface area contributed by atoms with E-state index in [1.54, 1.807) is 6.20 Å². The Morgan fingerprint density at radius 1 is 0.370 bits per heavy atom. The quantitative estimate of drug-likeness (QED) is 0.179. The zero-order chi connectivity index (χ0) is 35.6. The topological polar surface area (TPSA) is 77.8 Å². The molecule has 54 heavy (non-hydrogen) atoms. The van der Waals surface area contributed by atoms with Crippen molar-refractivity contribution < 1.29 is 8.83 Å². The van der Waals surface area contributed by atoms with Gasteiger partial charge < -0.3 is 8.83 Å². The van der Waals surface area contributed by atoms with Crippen molar-refractivity contribution >= 4 is 54.8 Å². The molecule has 0 radical (unpaired) electrons. The first-order valence-corrected chi connectivity index (χ1v) is 17.9. The maximum Gasteiger partial charge on any atom is 0.228 e. The number of hydrogen-bond donors (Lipinski definition) is 0. The van der Waals surface area contributed by atoms with E-state index in [2.05, 4.69) is 109 Å². The number of aromatic nitrogens is 4. The summed E-state index contributed by atoms with van der Waals surface area (Å²) in [5.41, 5.74) is 9.66. The molecular weight excluding hydrogens is 665 g/mol. The first kappa shape index (κ1) is 30.2. The van der Waals surface area contributed by atoms with Crippen molar-refractivity contribution in [2.45, 2.75) is 0 Å². The van der Waals surface area contributed by atoms with Crippen molar-refractivity contribution in [2.24, 2.45) is 0 Å². The van der Waals surface area contributed by atoms with Gasteiger partial charge in [-0.1, -0.05) is 146 Å². The molecule has 6 heteroatoms. The third-order valence-corrected chi connectivity index (χ3v) is 10.2. The Labute approximate surface area is 309 Å². The van der Waals surface area contributed by atoms with Crippen LogP contribution in [0.2, 0.25) is 0 Å². The van der Waals surface area contributed by atoms with Gasteiger partial charge >= 0.3 is 0 Å². The van der Waals surface area contributed by atoms with Gasteiger partial charge in [-0.3, -0.25) is 0 Å². The molecule has 0 bridgehead atoms. The second-order valence-electron chi connectivity index (χ2n) is 13.4. The fraction of sp³-hybridized carbons (Fsp3) is 0. The molecule has 0 unspecified atom stereocenters. The summed E-state index contributed by atoms with van der Waals surface area (Å²) in [5, 5.41) is 6.22. The molecule has 0 fully saturated rings. The van der Waals surface area contributed by atoms with E-state index >= 15 is 0 Å². The Hall–Kier alpha value is -7.44. The highest BCUT2D eigenvalue weighted by atomic mass is 16.3. The van der Waals surface area contributed by atoms with Crippen molar-refractivity contribution in [2.75, 3.05) is 0 Å². The van der Waals surface area contributed by atoms with Crippen LogP contribution in [-0.2, 0) is 0 Å². The number of para-hydroxylation sites is 2. The Kier molecular flexibility index (Phi) is 6.75. The van der Waals surface area contributed by atoms with Gasteiger partial charge in [0.2, 0.25) is 5.71 Å². The summed E-state index contributed by atoms with van der Waals surface area (Å²) in [6.07, 6.45) is 1.75. The lowest BCUT2D eigenvalue weighted by atomic mass is 9.99. The molecule has 4 aromatic heterocycles. The first-order chi connectivity index (χ1) is 26.7. The van der Waals surface area contributed by atoms with E-state index < -0.39 is 0 Å². The first-order valence-electron chi connectivity index (χ1n) is 17.9. The van der Waals surface area contributed by atoms with Gasteiger partial charge in [-0.05, 0) is 40.1 Å². The average Bonchev–Trinajstić information content (AvgIpc) is 3.81. The van der Waals surface area contributed by atoms with E-state index in [1.165, 1.54) is 5.39 Å². The van der Waals surface area contributed by atoms with Crippen LogP contribution in [0.25, 0.3) is 111 Å². The van der Waals surface area contributed by atoms with Crippen LogP contribution >= 0.6 is 0 Å². The van der Waals surface area contributed by atoms with Crippen molar-refractivity contribution in [1.82, 2.24) is 19.9 Å². The van der Waals surface area contributed by atoms with E-state index in [-0.39, 0.29) is 0 Å². The second-order valence-corrected chi connectivity index (χ2v) is 13.4. The van der Waals surface area contributed by atoms with Crippen LogP contribution in [0.4, 0.5) is 0 Å². The maximum absolute atomic E-state index is 6.65. The summed E-state index contributed by atoms with van der Waals surface area (Å²) < 4.78 is 13.3. The highest BCUT2D eigenvalue weighted by Gasteiger charge is 2.22. The van der Waals surface area contributed by atoms with Gasteiger partial charge in [0.05, 0.1) is 5.39 Å². The smallest absolute Gasteiger partial charge is 0.228 e. The lowest BCUT2D eigenvalue weighted by Gasteiger charge is -2.10. The minimum Gasteiger partial charge on any atom is -0.455 e. The highest BCUT2D eigenvalue weighted by molar-refractivity contribution is 6.18. The monoisotopic (exact) mass is 692 g/mol. The van der Waals surface area contributed by atoms with E-state index in [9.17, 15) is 0 Å². The fourth-order valence-electron chi connectivity index (χ4n) is 7.60. The van der Waals surface area contributed by atoms with Gasteiger partial charge in [0, 0.05) is 50.2 Å². The molecule has 0 aliphatic carbocycles. The third kappa shape index (κ3) is 4.89. The van der Waals surface area contributed by atoms with E-state index in [0.717, 1.165) is 82.6 Å². The molecule has 7 aromatic carbocycles. The lowest BCUT2D eigenvalue weighted by Crippen LogP contribution is -2.00. The number of furan rings is 2. The van der Waals surface area contributed by atoms with E-state index in [1.807, 2.05) is 54.6 Å². The zero-order valence-corrected chi connectivity index (χ0v) is 28.8. The van der Waals surface area contributed by atoms with Gasteiger partial charge in [-0.15, -0.1) is 0 Å². The van der Waals surface area contributed by atoms with E-state index in [0.29, 0.717) is 23.2 Å².